The summed E-state index contributed by atoms with van der Waals surface area (Å²) in [7, 11) is 1.57. The molecule has 1 fully saturated rings. The molecule has 0 saturated carbocycles. The smallest absolute Gasteiger partial charge is 0.410 e. The van der Waals surface area contributed by atoms with E-state index >= 15 is 0 Å². The monoisotopic (exact) mass is 613 g/mol. The van der Waals surface area contributed by atoms with Crippen LogP contribution in [0.1, 0.15) is 33.2 Å². The summed E-state index contributed by atoms with van der Waals surface area (Å²) in [5.74, 6) is 1.64. The Hall–Kier alpha value is -4.97. The van der Waals surface area contributed by atoms with Crippen LogP contribution in [-0.2, 0) is 14.3 Å². The zero-order valence-electron chi connectivity index (χ0n) is 26.1. The Labute approximate surface area is 262 Å². The molecule has 0 spiro atoms. The first-order chi connectivity index (χ1) is 21.6. The molecular formula is C33H39N7O5. The number of rotatable bonds is 10. The summed E-state index contributed by atoms with van der Waals surface area (Å²) in [5.41, 5.74) is 7.83. The molecule has 236 valence electrons. The van der Waals surface area contributed by atoms with E-state index in [9.17, 15) is 9.59 Å². The zero-order chi connectivity index (χ0) is 32.0. The van der Waals surface area contributed by atoms with Crippen molar-refractivity contribution >= 4 is 28.9 Å². The van der Waals surface area contributed by atoms with Crippen molar-refractivity contribution in [3.63, 3.8) is 0 Å². The van der Waals surface area contributed by atoms with Gasteiger partial charge in [-0.3, -0.25) is 4.79 Å². The van der Waals surface area contributed by atoms with Crippen LogP contribution in [0.25, 0.3) is 22.3 Å². The third-order valence-corrected chi connectivity index (χ3v) is 7.25. The fourth-order valence-electron chi connectivity index (χ4n) is 5.07. The molecule has 45 heavy (non-hydrogen) atoms. The van der Waals surface area contributed by atoms with Gasteiger partial charge in [-0.2, -0.15) is 5.10 Å². The van der Waals surface area contributed by atoms with Gasteiger partial charge in [0.05, 0.1) is 18.0 Å². The molecule has 1 saturated heterocycles. The van der Waals surface area contributed by atoms with Crippen LogP contribution in [0.2, 0.25) is 0 Å². The zero-order valence-corrected chi connectivity index (χ0v) is 26.1. The molecule has 1 atom stereocenters. The molecule has 2 amide bonds. The number of hydrogen-bond acceptors (Lipinski definition) is 9. The Morgan fingerprint density at radius 1 is 1.07 bits per heavy atom. The number of likely N-dealkylation sites (tertiary alicyclic amines) is 1. The maximum Gasteiger partial charge on any atom is 0.410 e. The summed E-state index contributed by atoms with van der Waals surface area (Å²) in [5, 5.41) is 5.60. The maximum absolute atomic E-state index is 13.1. The number of nitrogen functional groups attached to an aromatic ring is 1. The van der Waals surface area contributed by atoms with Crippen molar-refractivity contribution in [1.29, 1.82) is 0 Å². The number of carbonyl (C=O) groups is 2. The van der Waals surface area contributed by atoms with E-state index in [1.54, 1.807) is 18.1 Å². The first-order valence-corrected chi connectivity index (χ1v) is 14.9. The van der Waals surface area contributed by atoms with E-state index in [1.807, 2.05) is 80.1 Å². The van der Waals surface area contributed by atoms with Gasteiger partial charge in [0.15, 0.2) is 5.65 Å². The van der Waals surface area contributed by atoms with E-state index in [0.29, 0.717) is 61.0 Å². The minimum Gasteiger partial charge on any atom is -0.457 e. The van der Waals surface area contributed by atoms with Crippen LogP contribution in [-0.4, -0.2) is 87.0 Å². The predicted octanol–water partition coefficient (Wildman–Crippen LogP) is 5.08. The van der Waals surface area contributed by atoms with Crippen LogP contribution in [0.15, 0.2) is 73.1 Å². The number of para-hydroxylation sites is 1. The lowest BCUT2D eigenvalue weighted by atomic mass is 10.1. The molecule has 2 aromatic carbocycles. The quantitative estimate of drug-likeness (QED) is 0.243. The maximum atomic E-state index is 13.1. The van der Waals surface area contributed by atoms with Gasteiger partial charge in [0, 0.05) is 44.9 Å². The highest BCUT2D eigenvalue weighted by Crippen LogP contribution is 2.35. The lowest BCUT2D eigenvalue weighted by molar-refractivity contribution is -0.125. The minimum absolute atomic E-state index is 0.103. The van der Waals surface area contributed by atoms with Crippen molar-refractivity contribution in [3.8, 4) is 22.8 Å². The molecular weight excluding hydrogens is 574 g/mol. The van der Waals surface area contributed by atoms with Crippen LogP contribution >= 0.6 is 0 Å². The van der Waals surface area contributed by atoms with Crippen molar-refractivity contribution in [1.82, 2.24) is 29.5 Å². The third kappa shape index (κ3) is 7.76. The van der Waals surface area contributed by atoms with Crippen molar-refractivity contribution in [2.45, 2.75) is 38.8 Å². The Balaban J connectivity index is 1.29. The molecule has 0 unspecified atom stereocenters. The number of ether oxygens (including phenoxy) is 3. The summed E-state index contributed by atoms with van der Waals surface area (Å²) in [6.07, 6.45) is 4.84. The van der Waals surface area contributed by atoms with Crippen molar-refractivity contribution in [3.05, 3.63) is 73.1 Å². The summed E-state index contributed by atoms with van der Waals surface area (Å²) < 4.78 is 18.4. The molecule has 1 aliphatic rings. The first kappa shape index (κ1) is 31.5. The number of aromatic nitrogens is 4. The number of nitrogens with zero attached hydrogens (tertiary/aromatic N) is 6. The molecule has 0 bridgehead atoms. The number of nitrogens with two attached hydrogens (primary N) is 1. The number of carbonyl (C=O) groups excluding carboxylic acids is 2. The highest BCUT2D eigenvalue weighted by Gasteiger charge is 2.30. The van der Waals surface area contributed by atoms with Crippen molar-refractivity contribution < 1.29 is 23.8 Å². The molecule has 0 radical (unpaired) electrons. The SMILES string of the molecule is COCCN(C/C=C/C(=O)N1CC[C@@H](n2nc(-c3ccc(Oc4ccccc4)cc3)c3c(N)ncnc32)C1)C(=O)OC(C)(C)C. The molecule has 12 heteroatoms. The molecule has 2 N–H and O–H groups in total. The second-order valence-electron chi connectivity index (χ2n) is 11.7. The standard InChI is InChI=1S/C33H39N7O5/c1-33(2,3)45-32(42)38(19-20-43-4)17-8-11-27(41)39-18-16-24(21-39)40-31-28(30(34)35-22-36-31)29(37-40)23-12-14-26(15-13-23)44-25-9-6-5-7-10-25/h5-15,22,24H,16-21H2,1-4H3,(H2,34,35,36)/b11-8+/t24-/m1/s1. The van der Waals surface area contributed by atoms with Gasteiger partial charge in [0.1, 0.15) is 34.9 Å². The largest absolute Gasteiger partial charge is 0.457 e. The summed E-state index contributed by atoms with van der Waals surface area (Å²) in [6, 6.07) is 17.1. The minimum atomic E-state index is -0.626. The van der Waals surface area contributed by atoms with Crippen molar-refractivity contribution in [2.24, 2.45) is 0 Å². The third-order valence-electron chi connectivity index (χ3n) is 7.25. The molecule has 4 aromatic rings. The Bertz CT molecular complexity index is 1650. The lowest BCUT2D eigenvalue weighted by Crippen LogP contribution is -2.39. The average molecular weight is 614 g/mol. The van der Waals surface area contributed by atoms with Gasteiger partial charge in [0.2, 0.25) is 5.91 Å². The number of hydrogen-bond donors (Lipinski definition) is 1. The van der Waals surface area contributed by atoms with Gasteiger partial charge in [-0.15, -0.1) is 0 Å². The number of benzene rings is 2. The fourth-order valence-corrected chi connectivity index (χ4v) is 5.07. The number of methoxy groups -OCH3 is 1. The fraction of sp³-hybridized carbons (Fsp3) is 0.364. The number of anilines is 1. The van der Waals surface area contributed by atoms with Gasteiger partial charge in [-0.25, -0.2) is 19.4 Å². The van der Waals surface area contributed by atoms with Gasteiger partial charge in [-0.05, 0) is 63.6 Å². The van der Waals surface area contributed by atoms with E-state index < -0.39 is 11.7 Å². The normalized spacial score (nSPS) is 15.1. The van der Waals surface area contributed by atoms with Crippen LogP contribution in [0, 0.1) is 0 Å². The second-order valence-corrected chi connectivity index (χ2v) is 11.7. The molecule has 0 aliphatic carbocycles. The van der Waals surface area contributed by atoms with E-state index in [1.165, 1.54) is 17.3 Å². The van der Waals surface area contributed by atoms with Crippen LogP contribution in [0.4, 0.5) is 10.6 Å². The summed E-state index contributed by atoms with van der Waals surface area (Å²) >= 11 is 0. The van der Waals surface area contributed by atoms with Gasteiger partial charge in [0.25, 0.3) is 0 Å². The average Bonchev–Trinajstić information content (AvgIpc) is 3.65. The predicted molar refractivity (Wildman–Crippen MR) is 171 cm³/mol. The lowest BCUT2D eigenvalue weighted by Gasteiger charge is -2.26. The Morgan fingerprint density at radius 2 is 1.80 bits per heavy atom. The van der Waals surface area contributed by atoms with E-state index in [2.05, 4.69) is 9.97 Å². The highest BCUT2D eigenvalue weighted by molar-refractivity contribution is 5.98. The van der Waals surface area contributed by atoms with Crippen LogP contribution in [0.5, 0.6) is 11.5 Å². The molecule has 3 heterocycles. The van der Waals surface area contributed by atoms with E-state index in [-0.39, 0.29) is 18.5 Å². The molecule has 12 nitrogen and oxygen atoms in total. The molecule has 2 aromatic heterocycles. The molecule has 5 rings (SSSR count). The topological polar surface area (TPSA) is 138 Å². The molecule has 1 aliphatic heterocycles. The van der Waals surface area contributed by atoms with E-state index in [0.717, 1.165) is 11.3 Å². The van der Waals surface area contributed by atoms with Crippen molar-refractivity contribution in [2.75, 3.05) is 45.6 Å². The Morgan fingerprint density at radius 3 is 2.51 bits per heavy atom. The highest BCUT2D eigenvalue weighted by atomic mass is 16.6. The van der Waals surface area contributed by atoms with Gasteiger partial charge in [-0.1, -0.05) is 24.3 Å². The second kappa shape index (κ2) is 13.8. The van der Waals surface area contributed by atoms with Crippen LogP contribution < -0.4 is 10.5 Å². The number of fused-ring (bicyclic) bond motifs is 1. The van der Waals surface area contributed by atoms with E-state index in [4.69, 9.17) is 25.0 Å². The van der Waals surface area contributed by atoms with Gasteiger partial charge >= 0.3 is 6.09 Å². The van der Waals surface area contributed by atoms with Gasteiger partial charge < -0.3 is 29.7 Å². The Kier molecular flexibility index (Phi) is 9.62. The first-order valence-electron chi connectivity index (χ1n) is 14.9. The number of amides is 2. The summed E-state index contributed by atoms with van der Waals surface area (Å²) in [6.45, 7) is 7.36. The van der Waals surface area contributed by atoms with Crippen LogP contribution in [0.3, 0.4) is 0 Å². The summed E-state index contributed by atoms with van der Waals surface area (Å²) in [4.78, 5) is 37.7.